The topological polar surface area (TPSA) is 227 Å². The number of nitrogens with zero attached hydrogens (tertiary/aromatic N) is 7. The average Bonchev–Trinajstić information content (AvgIpc) is 3.39. The van der Waals surface area contributed by atoms with Crippen LogP contribution in [0, 0.1) is 5.92 Å². The summed E-state index contributed by atoms with van der Waals surface area (Å²) in [5, 5.41) is 18.6. The molecule has 0 saturated carbocycles. The number of hydrazone groups is 1. The summed E-state index contributed by atoms with van der Waals surface area (Å²) in [6.45, 7) is 11.2. The van der Waals surface area contributed by atoms with Crippen molar-refractivity contribution in [2.24, 2.45) is 11.0 Å². The Bertz CT molecular complexity index is 2030. The second-order valence-corrected chi connectivity index (χ2v) is 14.5. The number of anilines is 3. The van der Waals surface area contributed by atoms with E-state index in [4.69, 9.17) is 16.3 Å². The van der Waals surface area contributed by atoms with Crippen molar-refractivity contribution in [1.82, 2.24) is 35.7 Å². The smallest absolute Gasteiger partial charge is 0.326 e. The van der Waals surface area contributed by atoms with E-state index in [1.54, 1.807) is 36.7 Å². The highest BCUT2D eigenvalue weighted by atomic mass is 16.7. The molecule has 7 N–H and O–H groups in total. The summed E-state index contributed by atoms with van der Waals surface area (Å²) in [4.78, 5) is 63.0. The van der Waals surface area contributed by atoms with E-state index in [1.807, 2.05) is 48.2 Å². The first kappa shape index (κ1) is 40.2. The van der Waals surface area contributed by atoms with Gasteiger partial charge < -0.3 is 26.8 Å². The van der Waals surface area contributed by atoms with Gasteiger partial charge in [-0.1, -0.05) is 50.3 Å². The molecule has 1 aliphatic heterocycles. The van der Waals surface area contributed by atoms with Crippen molar-refractivity contribution in [1.29, 1.82) is 0 Å². The van der Waals surface area contributed by atoms with E-state index in [1.165, 1.54) is 0 Å². The van der Waals surface area contributed by atoms with Crippen LogP contribution < -0.4 is 27.1 Å². The van der Waals surface area contributed by atoms with E-state index in [0.29, 0.717) is 48.7 Å². The molecule has 3 atom stereocenters. The van der Waals surface area contributed by atoms with Crippen LogP contribution in [-0.4, -0.2) is 78.3 Å². The molecule has 16 nitrogen and oxygen atoms in total. The number of carbonyl (C=O) groups excluding carboxylic acids is 2. The lowest BCUT2D eigenvalue weighted by Crippen LogP contribution is -2.43. The minimum Gasteiger partial charge on any atom is -0.480 e. The molecule has 2 aromatic carbocycles. The Morgan fingerprint density at radius 2 is 1.84 bits per heavy atom. The SMILES string of the molecule is C=CC[C@@]1(CC(C)C)CC(C)(/C=N/NC(=O)CC[C@H](NC(=O)c2ccc(N(C)Cc3cnc4nc(N)nc(N)c4n3)cc2)C(=O)O)ON1Cc1ccccc1. The molecule has 55 heavy (non-hydrogen) atoms. The molecule has 16 heteroatoms. The molecule has 3 heterocycles. The molecule has 2 aromatic heterocycles. The van der Waals surface area contributed by atoms with Gasteiger partial charge >= 0.3 is 5.97 Å². The first-order valence-electron chi connectivity index (χ1n) is 18.0. The number of rotatable bonds is 17. The Kier molecular flexibility index (Phi) is 12.7. The maximum Gasteiger partial charge on any atom is 0.326 e. The lowest BCUT2D eigenvalue weighted by atomic mass is 9.78. The molecule has 0 bridgehead atoms. The van der Waals surface area contributed by atoms with Crippen LogP contribution in [0.1, 0.15) is 74.5 Å². The lowest BCUT2D eigenvalue weighted by molar-refractivity contribution is -0.208. The Hall–Kier alpha value is -6.00. The van der Waals surface area contributed by atoms with Gasteiger partial charge in [-0.2, -0.15) is 20.1 Å². The fourth-order valence-electron chi connectivity index (χ4n) is 6.93. The number of amides is 2. The van der Waals surface area contributed by atoms with Gasteiger partial charge in [0.05, 0.1) is 30.2 Å². The molecule has 5 rings (SSSR count). The molecule has 1 saturated heterocycles. The minimum atomic E-state index is -1.30. The van der Waals surface area contributed by atoms with Crippen molar-refractivity contribution in [3.63, 3.8) is 0 Å². The van der Waals surface area contributed by atoms with Gasteiger partial charge in [0.1, 0.15) is 11.6 Å². The van der Waals surface area contributed by atoms with Gasteiger partial charge in [0.25, 0.3) is 5.91 Å². The Morgan fingerprint density at radius 3 is 2.51 bits per heavy atom. The molecule has 2 amide bonds. The average molecular weight is 752 g/mol. The Labute approximate surface area is 320 Å². The zero-order chi connectivity index (χ0) is 39.8. The van der Waals surface area contributed by atoms with Crippen LogP contribution in [0.5, 0.6) is 0 Å². The Balaban J connectivity index is 1.14. The maximum atomic E-state index is 13.0. The number of nitrogens with one attached hydrogen (secondary N) is 2. The fraction of sp³-hybridized carbons (Fsp3) is 0.385. The number of carboxylic acids is 1. The standard InChI is InChI=1S/C39H49N11O5/c1-6-18-39(19-25(2)3)23-38(4,55-50(39)21-26-10-8-7-9-11-26)24-43-48-31(51)17-16-30(36(53)54)45-35(52)27-12-14-29(15-13-27)49(5)22-28-20-42-34-32(44-28)33(40)46-37(41)47-34/h6-15,20,24-25,30H,1,16-19,21-23H2,2-5H3,(H,45,52)(H,48,51)(H,53,54)(H4,40,41,42,46,47)/b43-24+/t30-,38?,39+/m0/s1. The first-order valence-corrected chi connectivity index (χ1v) is 18.0. The van der Waals surface area contributed by atoms with Crippen LogP contribution >= 0.6 is 0 Å². The van der Waals surface area contributed by atoms with Crippen molar-refractivity contribution in [2.45, 2.75) is 83.1 Å². The van der Waals surface area contributed by atoms with Crippen LogP contribution in [0.2, 0.25) is 0 Å². The van der Waals surface area contributed by atoms with Gasteiger partial charge in [-0.3, -0.25) is 14.4 Å². The van der Waals surface area contributed by atoms with Crippen LogP contribution in [0.3, 0.4) is 0 Å². The number of hydroxylamine groups is 2. The van der Waals surface area contributed by atoms with Crippen LogP contribution in [0.25, 0.3) is 11.2 Å². The monoisotopic (exact) mass is 751 g/mol. The number of carboxylic acid groups (broad SMARTS) is 1. The third-order valence-corrected chi connectivity index (χ3v) is 9.27. The van der Waals surface area contributed by atoms with E-state index in [0.717, 1.165) is 17.7 Å². The van der Waals surface area contributed by atoms with Gasteiger partial charge in [-0.05, 0) is 61.9 Å². The largest absolute Gasteiger partial charge is 0.480 e. The van der Waals surface area contributed by atoms with Gasteiger partial charge in [-0.25, -0.2) is 20.2 Å². The van der Waals surface area contributed by atoms with Gasteiger partial charge in [0.15, 0.2) is 17.0 Å². The molecule has 1 unspecified atom stereocenters. The summed E-state index contributed by atoms with van der Waals surface area (Å²) in [6, 6.07) is 15.4. The summed E-state index contributed by atoms with van der Waals surface area (Å²) in [5.41, 5.74) is 16.3. The van der Waals surface area contributed by atoms with Gasteiger partial charge in [-0.15, -0.1) is 6.58 Å². The van der Waals surface area contributed by atoms with Crippen LogP contribution in [-0.2, 0) is 27.5 Å². The molecule has 0 spiro atoms. The van der Waals surface area contributed by atoms with Crippen molar-refractivity contribution < 1.29 is 24.3 Å². The number of nitrogen functional groups attached to an aromatic ring is 2. The Morgan fingerprint density at radius 1 is 1.11 bits per heavy atom. The summed E-state index contributed by atoms with van der Waals surface area (Å²) < 4.78 is 0. The zero-order valence-electron chi connectivity index (χ0n) is 31.6. The van der Waals surface area contributed by atoms with E-state index in [9.17, 15) is 19.5 Å². The van der Waals surface area contributed by atoms with E-state index in [2.05, 4.69) is 68.3 Å². The number of aromatic nitrogens is 4. The highest BCUT2D eigenvalue weighted by Gasteiger charge is 2.51. The third kappa shape index (κ3) is 10.4. The predicted octanol–water partition coefficient (Wildman–Crippen LogP) is 4.24. The van der Waals surface area contributed by atoms with Crippen molar-refractivity contribution in [2.75, 3.05) is 23.4 Å². The van der Waals surface area contributed by atoms with Crippen molar-refractivity contribution in [3.8, 4) is 0 Å². The summed E-state index contributed by atoms with van der Waals surface area (Å²) in [6.07, 6.45) is 6.94. The number of nitrogens with two attached hydrogens (primary N) is 2. The number of hydrogen-bond donors (Lipinski definition) is 5. The predicted molar refractivity (Wildman–Crippen MR) is 210 cm³/mol. The third-order valence-electron chi connectivity index (χ3n) is 9.27. The quantitative estimate of drug-likeness (QED) is 0.0579. The molecule has 0 radical (unpaired) electrons. The van der Waals surface area contributed by atoms with Crippen molar-refractivity contribution >= 4 is 52.6 Å². The van der Waals surface area contributed by atoms with Crippen LogP contribution in [0.4, 0.5) is 17.5 Å². The highest BCUT2D eigenvalue weighted by Crippen LogP contribution is 2.45. The van der Waals surface area contributed by atoms with Gasteiger partial charge in [0, 0.05) is 37.7 Å². The first-order chi connectivity index (χ1) is 26.2. The van der Waals surface area contributed by atoms with Gasteiger partial charge in [0.2, 0.25) is 11.9 Å². The highest BCUT2D eigenvalue weighted by molar-refractivity contribution is 5.97. The number of aliphatic carboxylic acids is 1. The second-order valence-electron chi connectivity index (χ2n) is 14.5. The summed E-state index contributed by atoms with van der Waals surface area (Å²) >= 11 is 0. The number of fused-ring (bicyclic) bond motifs is 1. The molecular formula is C39H49N11O5. The molecule has 1 aliphatic rings. The van der Waals surface area contributed by atoms with E-state index in [-0.39, 0.29) is 35.7 Å². The summed E-state index contributed by atoms with van der Waals surface area (Å²) in [7, 11) is 1.84. The molecule has 0 aliphatic carbocycles. The number of carbonyl (C=O) groups is 3. The number of hydrogen-bond acceptors (Lipinski definition) is 13. The molecule has 4 aromatic rings. The minimum absolute atomic E-state index is 0.0125. The van der Waals surface area contributed by atoms with Crippen LogP contribution in [0.15, 0.2) is 78.6 Å². The molecule has 1 fully saturated rings. The van der Waals surface area contributed by atoms with Crippen molar-refractivity contribution in [3.05, 3.63) is 90.3 Å². The molecular weight excluding hydrogens is 703 g/mol. The molecule has 290 valence electrons. The van der Waals surface area contributed by atoms with E-state index < -0.39 is 29.4 Å². The maximum absolute atomic E-state index is 13.0. The normalized spacial score (nSPS) is 19.1. The second kappa shape index (κ2) is 17.4. The van der Waals surface area contributed by atoms with E-state index >= 15 is 0 Å². The summed E-state index contributed by atoms with van der Waals surface area (Å²) in [5.74, 6) is -1.82. The number of benzene rings is 2. The fourth-order valence-corrected chi connectivity index (χ4v) is 6.93. The lowest BCUT2D eigenvalue weighted by Gasteiger charge is -2.37. The zero-order valence-corrected chi connectivity index (χ0v) is 31.6.